The Morgan fingerprint density at radius 1 is 0.542 bits per heavy atom. The van der Waals surface area contributed by atoms with Crippen LogP contribution in [0.15, 0.2) is 78.9 Å². The van der Waals surface area contributed by atoms with E-state index in [1.54, 1.807) is 0 Å². The van der Waals surface area contributed by atoms with E-state index in [2.05, 4.69) is 99.6 Å². The van der Waals surface area contributed by atoms with Gasteiger partial charge in [-0.05, 0) is 49.7 Å². The van der Waals surface area contributed by atoms with Gasteiger partial charge in [0.15, 0.2) is 0 Å². The third kappa shape index (κ3) is 2.59. The Labute approximate surface area is 143 Å². The summed E-state index contributed by atoms with van der Waals surface area (Å²) in [6.45, 7) is 6.76. The van der Waals surface area contributed by atoms with Gasteiger partial charge in [0.05, 0.1) is 0 Å². The molecule has 0 radical (unpaired) electrons. The minimum Gasteiger partial charge on any atom is -0.0616 e. The first-order valence-corrected chi connectivity index (χ1v) is 8.55. The maximum absolute atomic E-state index is 2.30. The molecule has 0 bridgehead atoms. The molecule has 0 aromatic heterocycles. The number of hydrogen-bond acceptors (Lipinski definition) is 0. The topological polar surface area (TPSA) is 0 Å². The van der Waals surface area contributed by atoms with Gasteiger partial charge in [-0.2, -0.15) is 0 Å². The van der Waals surface area contributed by atoms with E-state index in [1.165, 1.54) is 38.2 Å². The summed E-state index contributed by atoms with van der Waals surface area (Å²) in [5.41, 5.74) is 4.12. The number of hydrogen-bond donors (Lipinski definition) is 0. The van der Waals surface area contributed by atoms with Gasteiger partial charge in [-0.1, -0.05) is 93.6 Å². The van der Waals surface area contributed by atoms with Gasteiger partial charge < -0.3 is 0 Å². The summed E-state index contributed by atoms with van der Waals surface area (Å²) < 4.78 is 0. The third-order valence-electron chi connectivity index (χ3n) is 4.83. The van der Waals surface area contributed by atoms with Crippen LogP contribution >= 0.6 is 0 Å². The molecule has 0 heteroatoms. The van der Waals surface area contributed by atoms with Crippen molar-refractivity contribution in [3.63, 3.8) is 0 Å². The van der Waals surface area contributed by atoms with E-state index in [1.807, 2.05) is 0 Å². The molecule has 0 aliphatic carbocycles. The Kier molecular flexibility index (Phi) is 3.42. The minimum atomic E-state index is 0.195. The van der Waals surface area contributed by atoms with Gasteiger partial charge in [-0.3, -0.25) is 0 Å². The van der Waals surface area contributed by atoms with Crippen molar-refractivity contribution in [2.24, 2.45) is 0 Å². The predicted octanol–water partition coefficient (Wildman–Crippen LogP) is 6.96. The number of fused-ring (bicyclic) bond motifs is 3. The van der Waals surface area contributed by atoms with E-state index in [9.17, 15) is 0 Å². The lowest BCUT2D eigenvalue weighted by Crippen LogP contribution is -2.10. The lowest BCUT2D eigenvalue weighted by Gasteiger charge is -2.19. The molecule has 0 heterocycles. The highest BCUT2D eigenvalue weighted by Crippen LogP contribution is 2.31. The van der Waals surface area contributed by atoms with E-state index < -0.39 is 0 Å². The highest BCUT2D eigenvalue weighted by Gasteiger charge is 2.13. The summed E-state index contributed by atoms with van der Waals surface area (Å²) in [5, 5.41) is 5.24. The maximum atomic E-state index is 2.30. The third-order valence-corrected chi connectivity index (χ3v) is 4.83. The molecule has 4 rings (SSSR count). The first kappa shape index (κ1) is 15.0. The van der Waals surface area contributed by atoms with Crippen molar-refractivity contribution in [1.29, 1.82) is 0 Å². The standard InChI is InChI=1S/C24H22/c1-24(2,3)21-13-10-17(11-14-21)19-12-15-23-20(16-19)9-8-18-6-4-5-7-22(18)23/h4-16H,1-3H3. The van der Waals surface area contributed by atoms with Crippen molar-refractivity contribution < 1.29 is 0 Å². The Bertz CT molecular complexity index is 1020. The molecule has 0 fully saturated rings. The summed E-state index contributed by atoms with van der Waals surface area (Å²) in [6, 6.07) is 28.8. The Morgan fingerprint density at radius 2 is 1.17 bits per heavy atom. The second-order valence-electron chi connectivity index (χ2n) is 7.55. The van der Waals surface area contributed by atoms with Crippen LogP contribution in [0.3, 0.4) is 0 Å². The van der Waals surface area contributed by atoms with Gasteiger partial charge in [-0.15, -0.1) is 0 Å². The molecule has 0 spiro atoms. The molecule has 0 aliphatic rings. The van der Waals surface area contributed by atoms with Crippen LogP contribution in [-0.2, 0) is 5.41 Å². The van der Waals surface area contributed by atoms with Crippen LogP contribution in [-0.4, -0.2) is 0 Å². The molecule has 118 valence electrons. The molecule has 4 aromatic rings. The highest BCUT2D eigenvalue weighted by molar-refractivity contribution is 6.08. The van der Waals surface area contributed by atoms with Gasteiger partial charge >= 0.3 is 0 Å². The van der Waals surface area contributed by atoms with Crippen LogP contribution in [0, 0.1) is 0 Å². The van der Waals surface area contributed by atoms with E-state index in [4.69, 9.17) is 0 Å². The minimum absolute atomic E-state index is 0.195. The Balaban J connectivity index is 1.82. The van der Waals surface area contributed by atoms with Crippen molar-refractivity contribution >= 4 is 21.5 Å². The zero-order chi connectivity index (χ0) is 16.7. The van der Waals surface area contributed by atoms with Crippen molar-refractivity contribution in [2.75, 3.05) is 0 Å². The SMILES string of the molecule is CC(C)(C)c1ccc(-c2ccc3c(ccc4ccccc43)c2)cc1. The largest absolute Gasteiger partial charge is 0.0616 e. The van der Waals surface area contributed by atoms with Crippen molar-refractivity contribution in [3.8, 4) is 11.1 Å². The summed E-state index contributed by atoms with van der Waals surface area (Å²) >= 11 is 0. The Hall–Kier alpha value is -2.60. The van der Waals surface area contributed by atoms with Crippen LogP contribution in [0.2, 0.25) is 0 Å². The Morgan fingerprint density at radius 3 is 1.92 bits per heavy atom. The second-order valence-corrected chi connectivity index (χ2v) is 7.55. The highest BCUT2D eigenvalue weighted by atomic mass is 14.2. The van der Waals surface area contributed by atoms with Crippen LogP contribution in [0.4, 0.5) is 0 Å². The number of rotatable bonds is 1. The van der Waals surface area contributed by atoms with E-state index in [0.717, 1.165) is 0 Å². The van der Waals surface area contributed by atoms with Gasteiger partial charge in [0.2, 0.25) is 0 Å². The molecular formula is C24H22. The maximum Gasteiger partial charge on any atom is -0.0105 e. The zero-order valence-corrected chi connectivity index (χ0v) is 14.5. The van der Waals surface area contributed by atoms with Crippen LogP contribution < -0.4 is 0 Å². The first-order chi connectivity index (χ1) is 11.5. The average molecular weight is 310 g/mol. The predicted molar refractivity (Wildman–Crippen MR) is 106 cm³/mol. The lowest BCUT2D eigenvalue weighted by atomic mass is 9.86. The molecule has 24 heavy (non-hydrogen) atoms. The van der Waals surface area contributed by atoms with Gasteiger partial charge in [0.1, 0.15) is 0 Å². The molecule has 0 N–H and O–H groups in total. The average Bonchev–Trinajstić information content (AvgIpc) is 2.60. The van der Waals surface area contributed by atoms with Crippen molar-refractivity contribution in [2.45, 2.75) is 26.2 Å². The quantitative estimate of drug-likeness (QED) is 0.333. The summed E-state index contributed by atoms with van der Waals surface area (Å²) in [4.78, 5) is 0. The van der Waals surface area contributed by atoms with Crippen molar-refractivity contribution in [3.05, 3.63) is 84.4 Å². The van der Waals surface area contributed by atoms with Crippen LogP contribution in [0.1, 0.15) is 26.3 Å². The summed E-state index contributed by atoms with van der Waals surface area (Å²) in [7, 11) is 0. The zero-order valence-electron chi connectivity index (χ0n) is 14.5. The smallest absolute Gasteiger partial charge is 0.0105 e. The lowest BCUT2D eigenvalue weighted by molar-refractivity contribution is 0.590. The summed E-state index contributed by atoms with van der Waals surface area (Å²) in [6.07, 6.45) is 0. The van der Waals surface area contributed by atoms with E-state index in [0.29, 0.717) is 0 Å². The van der Waals surface area contributed by atoms with E-state index in [-0.39, 0.29) is 5.41 Å². The first-order valence-electron chi connectivity index (χ1n) is 8.55. The molecule has 0 saturated heterocycles. The molecular weight excluding hydrogens is 288 g/mol. The van der Waals surface area contributed by atoms with Gasteiger partial charge in [-0.25, -0.2) is 0 Å². The second kappa shape index (κ2) is 5.49. The monoisotopic (exact) mass is 310 g/mol. The molecule has 0 nitrogen and oxygen atoms in total. The van der Waals surface area contributed by atoms with E-state index >= 15 is 0 Å². The fourth-order valence-corrected chi connectivity index (χ4v) is 3.36. The molecule has 4 aromatic carbocycles. The molecule has 0 unspecified atom stereocenters. The fourth-order valence-electron chi connectivity index (χ4n) is 3.36. The van der Waals surface area contributed by atoms with Crippen molar-refractivity contribution in [1.82, 2.24) is 0 Å². The molecule has 0 amide bonds. The van der Waals surface area contributed by atoms with Gasteiger partial charge in [0, 0.05) is 0 Å². The fraction of sp³-hybridized carbons (Fsp3) is 0.167. The summed E-state index contributed by atoms with van der Waals surface area (Å²) in [5.74, 6) is 0. The molecule has 0 atom stereocenters. The molecule has 0 saturated carbocycles. The normalized spacial score (nSPS) is 12.0. The number of benzene rings is 4. The van der Waals surface area contributed by atoms with Crippen LogP contribution in [0.5, 0.6) is 0 Å². The van der Waals surface area contributed by atoms with Crippen LogP contribution in [0.25, 0.3) is 32.7 Å². The molecule has 0 aliphatic heterocycles. The van der Waals surface area contributed by atoms with Gasteiger partial charge in [0.25, 0.3) is 0 Å².